The second-order valence-electron chi connectivity index (χ2n) is 4.43. The molecule has 0 amide bonds. The van der Waals surface area contributed by atoms with Crippen molar-refractivity contribution in [1.82, 2.24) is 15.5 Å². The molecule has 2 aromatic rings. The molecule has 1 aromatic heterocycles. The SMILES string of the molecule is COCCNCc1nnc(-c2ccc([N+](=O)[O-])c(C)c2)s1. The number of nitro groups is 1. The number of hydrogen-bond acceptors (Lipinski definition) is 7. The van der Waals surface area contributed by atoms with Gasteiger partial charge in [-0.1, -0.05) is 11.3 Å². The highest BCUT2D eigenvalue weighted by molar-refractivity contribution is 7.14. The number of rotatable bonds is 7. The van der Waals surface area contributed by atoms with Gasteiger partial charge in [-0.3, -0.25) is 10.1 Å². The first-order valence-corrected chi connectivity index (χ1v) is 7.21. The van der Waals surface area contributed by atoms with E-state index < -0.39 is 0 Å². The molecule has 0 saturated carbocycles. The highest BCUT2D eigenvalue weighted by atomic mass is 32.1. The van der Waals surface area contributed by atoms with Crippen molar-refractivity contribution in [1.29, 1.82) is 0 Å². The average Bonchev–Trinajstić information content (AvgIpc) is 2.92. The molecular weight excluding hydrogens is 292 g/mol. The van der Waals surface area contributed by atoms with Gasteiger partial charge < -0.3 is 10.1 Å². The molecule has 112 valence electrons. The lowest BCUT2D eigenvalue weighted by atomic mass is 10.1. The number of nitrogens with zero attached hydrogens (tertiary/aromatic N) is 3. The maximum Gasteiger partial charge on any atom is 0.272 e. The molecule has 21 heavy (non-hydrogen) atoms. The second-order valence-corrected chi connectivity index (χ2v) is 5.49. The van der Waals surface area contributed by atoms with Crippen molar-refractivity contribution < 1.29 is 9.66 Å². The number of nitro benzene ring substituents is 1. The van der Waals surface area contributed by atoms with Gasteiger partial charge in [0.2, 0.25) is 0 Å². The number of aryl methyl sites for hydroxylation is 1. The third-order valence-electron chi connectivity index (χ3n) is 2.87. The standard InChI is InChI=1S/C13H16N4O3S/c1-9-7-10(3-4-11(9)17(18)19)13-16-15-12(21-13)8-14-5-6-20-2/h3-4,7,14H,5-6,8H2,1-2H3. The summed E-state index contributed by atoms with van der Waals surface area (Å²) in [5, 5.41) is 23.9. The first-order chi connectivity index (χ1) is 10.1. The zero-order valence-corrected chi connectivity index (χ0v) is 12.6. The van der Waals surface area contributed by atoms with Gasteiger partial charge >= 0.3 is 0 Å². The summed E-state index contributed by atoms with van der Waals surface area (Å²) in [6.07, 6.45) is 0. The van der Waals surface area contributed by atoms with Crippen LogP contribution >= 0.6 is 11.3 Å². The monoisotopic (exact) mass is 308 g/mol. The van der Waals surface area contributed by atoms with Crippen LogP contribution in [-0.2, 0) is 11.3 Å². The number of aromatic nitrogens is 2. The minimum absolute atomic E-state index is 0.115. The molecule has 0 aliphatic carbocycles. The van der Waals surface area contributed by atoms with Gasteiger partial charge in [0, 0.05) is 37.4 Å². The van der Waals surface area contributed by atoms with Crippen LogP contribution in [0.15, 0.2) is 18.2 Å². The fraction of sp³-hybridized carbons (Fsp3) is 0.385. The highest BCUT2D eigenvalue weighted by Crippen LogP contribution is 2.28. The third kappa shape index (κ3) is 4.03. The summed E-state index contributed by atoms with van der Waals surface area (Å²) >= 11 is 1.47. The topological polar surface area (TPSA) is 90.2 Å². The van der Waals surface area contributed by atoms with Crippen molar-refractivity contribution in [3.8, 4) is 10.6 Å². The quantitative estimate of drug-likeness (QED) is 0.479. The van der Waals surface area contributed by atoms with E-state index in [0.29, 0.717) is 18.7 Å². The number of hydrogen-bond donors (Lipinski definition) is 1. The van der Waals surface area contributed by atoms with Crippen molar-refractivity contribution in [2.24, 2.45) is 0 Å². The Labute approximate surface area is 126 Å². The van der Waals surface area contributed by atoms with E-state index in [2.05, 4.69) is 15.5 Å². The lowest BCUT2D eigenvalue weighted by molar-refractivity contribution is -0.385. The average molecular weight is 308 g/mol. The minimum atomic E-state index is -0.385. The van der Waals surface area contributed by atoms with Crippen LogP contribution in [-0.4, -0.2) is 35.4 Å². The summed E-state index contributed by atoms with van der Waals surface area (Å²) in [4.78, 5) is 10.4. The Balaban J connectivity index is 2.07. The van der Waals surface area contributed by atoms with Gasteiger partial charge in [0.25, 0.3) is 5.69 Å². The Morgan fingerprint density at radius 2 is 2.24 bits per heavy atom. The lowest BCUT2D eigenvalue weighted by Gasteiger charge is -2.00. The summed E-state index contributed by atoms with van der Waals surface area (Å²) < 4.78 is 4.95. The lowest BCUT2D eigenvalue weighted by Crippen LogP contribution is -2.18. The maximum absolute atomic E-state index is 10.8. The van der Waals surface area contributed by atoms with E-state index in [0.717, 1.165) is 22.1 Å². The van der Waals surface area contributed by atoms with E-state index in [1.165, 1.54) is 17.4 Å². The Hall–Kier alpha value is -1.90. The van der Waals surface area contributed by atoms with Gasteiger partial charge in [0.05, 0.1) is 11.5 Å². The minimum Gasteiger partial charge on any atom is -0.383 e. The Morgan fingerprint density at radius 1 is 1.43 bits per heavy atom. The van der Waals surface area contributed by atoms with Crippen LogP contribution in [0.25, 0.3) is 10.6 Å². The van der Waals surface area contributed by atoms with Gasteiger partial charge in [-0.2, -0.15) is 0 Å². The fourth-order valence-electron chi connectivity index (χ4n) is 1.80. The number of ether oxygens (including phenoxy) is 1. The molecule has 8 heteroatoms. The van der Waals surface area contributed by atoms with Crippen molar-refractivity contribution in [2.45, 2.75) is 13.5 Å². The molecule has 0 unspecified atom stereocenters. The second kappa shape index (κ2) is 7.21. The van der Waals surface area contributed by atoms with E-state index in [9.17, 15) is 10.1 Å². The van der Waals surface area contributed by atoms with Gasteiger partial charge in [0.15, 0.2) is 0 Å². The van der Waals surface area contributed by atoms with E-state index in [1.807, 2.05) is 0 Å². The molecule has 0 atom stereocenters. The van der Waals surface area contributed by atoms with Crippen LogP contribution in [0.1, 0.15) is 10.6 Å². The molecule has 1 N–H and O–H groups in total. The summed E-state index contributed by atoms with van der Waals surface area (Å²) in [6.45, 7) is 3.75. The van der Waals surface area contributed by atoms with Gasteiger partial charge in [0.1, 0.15) is 10.0 Å². The summed E-state index contributed by atoms with van der Waals surface area (Å²) in [7, 11) is 1.65. The molecule has 0 radical (unpaired) electrons. The molecule has 1 heterocycles. The van der Waals surface area contributed by atoms with Crippen LogP contribution in [0.5, 0.6) is 0 Å². The molecular formula is C13H16N4O3S. The molecule has 0 saturated heterocycles. The molecule has 7 nitrogen and oxygen atoms in total. The van der Waals surface area contributed by atoms with Gasteiger partial charge in [-0.05, 0) is 19.1 Å². The van der Waals surface area contributed by atoms with Crippen molar-refractivity contribution in [2.75, 3.05) is 20.3 Å². The van der Waals surface area contributed by atoms with Crippen molar-refractivity contribution >= 4 is 17.0 Å². The molecule has 0 aliphatic heterocycles. The van der Waals surface area contributed by atoms with Crippen LogP contribution in [0.4, 0.5) is 5.69 Å². The molecule has 0 fully saturated rings. The number of methoxy groups -OCH3 is 1. The summed E-state index contributed by atoms with van der Waals surface area (Å²) in [6, 6.07) is 4.97. The molecule has 1 aromatic carbocycles. The third-order valence-corrected chi connectivity index (χ3v) is 3.84. The van der Waals surface area contributed by atoms with Crippen molar-refractivity contribution in [3.63, 3.8) is 0 Å². The first-order valence-electron chi connectivity index (χ1n) is 6.39. The summed E-state index contributed by atoms with van der Waals surface area (Å²) in [5.74, 6) is 0. The first kappa shape index (κ1) is 15.5. The normalized spacial score (nSPS) is 10.8. The largest absolute Gasteiger partial charge is 0.383 e. The number of nitrogens with one attached hydrogen (secondary N) is 1. The Bertz CT molecular complexity index is 630. The van der Waals surface area contributed by atoms with Crippen LogP contribution in [0.2, 0.25) is 0 Å². The molecule has 0 spiro atoms. The van der Waals surface area contributed by atoms with Crippen LogP contribution in [0, 0.1) is 17.0 Å². The van der Waals surface area contributed by atoms with E-state index in [1.54, 1.807) is 26.2 Å². The van der Waals surface area contributed by atoms with E-state index in [4.69, 9.17) is 4.74 Å². The summed E-state index contributed by atoms with van der Waals surface area (Å²) in [5.41, 5.74) is 1.58. The van der Waals surface area contributed by atoms with Gasteiger partial charge in [-0.25, -0.2) is 0 Å². The smallest absolute Gasteiger partial charge is 0.272 e. The zero-order chi connectivity index (χ0) is 15.2. The zero-order valence-electron chi connectivity index (χ0n) is 11.8. The van der Waals surface area contributed by atoms with E-state index in [-0.39, 0.29) is 10.6 Å². The van der Waals surface area contributed by atoms with Crippen LogP contribution < -0.4 is 5.32 Å². The molecule has 0 bridgehead atoms. The maximum atomic E-state index is 10.8. The number of benzene rings is 1. The Kier molecular flexibility index (Phi) is 5.32. The predicted octanol–water partition coefficient (Wildman–Crippen LogP) is 2.16. The van der Waals surface area contributed by atoms with Crippen molar-refractivity contribution in [3.05, 3.63) is 38.9 Å². The Morgan fingerprint density at radius 3 is 2.90 bits per heavy atom. The van der Waals surface area contributed by atoms with E-state index >= 15 is 0 Å². The highest BCUT2D eigenvalue weighted by Gasteiger charge is 2.13. The van der Waals surface area contributed by atoms with Crippen LogP contribution in [0.3, 0.4) is 0 Å². The molecule has 2 rings (SSSR count). The molecule has 0 aliphatic rings. The fourth-order valence-corrected chi connectivity index (χ4v) is 2.61. The van der Waals surface area contributed by atoms with Gasteiger partial charge in [-0.15, -0.1) is 10.2 Å². The predicted molar refractivity (Wildman–Crippen MR) is 80.3 cm³/mol.